The molecule has 2 rings (SSSR count). The first-order valence-electron chi connectivity index (χ1n) is 8.35. The Bertz CT molecular complexity index is 411. The standard InChI is InChI=1S/C17H29N3O/c1-3-8-18-12-15-13-19-9-7-17(15)20-10-5-6-16(14-20)21-11-4-2/h7,9,13,16,18H,3-6,8,10-12,14H2,1-2H3. The quantitative estimate of drug-likeness (QED) is 0.747. The Kier molecular flexibility index (Phi) is 6.96. The van der Waals surface area contributed by atoms with Crippen molar-refractivity contribution in [2.75, 3.05) is 31.1 Å². The molecule has 1 aliphatic rings. The first kappa shape index (κ1) is 16.2. The zero-order valence-electron chi connectivity index (χ0n) is 13.5. The van der Waals surface area contributed by atoms with Crippen LogP contribution < -0.4 is 10.2 Å². The Morgan fingerprint density at radius 3 is 3.10 bits per heavy atom. The van der Waals surface area contributed by atoms with Gasteiger partial charge in [-0.25, -0.2) is 0 Å². The van der Waals surface area contributed by atoms with Crippen LogP contribution in [0.3, 0.4) is 0 Å². The summed E-state index contributed by atoms with van der Waals surface area (Å²) in [5.74, 6) is 0. The van der Waals surface area contributed by atoms with Crippen LogP contribution in [0.2, 0.25) is 0 Å². The second-order valence-corrected chi connectivity index (χ2v) is 5.76. The van der Waals surface area contributed by atoms with Gasteiger partial charge in [-0.05, 0) is 38.3 Å². The summed E-state index contributed by atoms with van der Waals surface area (Å²) in [6, 6.07) is 2.14. The maximum Gasteiger partial charge on any atom is 0.0750 e. The second-order valence-electron chi connectivity index (χ2n) is 5.76. The highest BCUT2D eigenvalue weighted by Gasteiger charge is 2.22. The smallest absolute Gasteiger partial charge is 0.0750 e. The molecule has 1 N–H and O–H groups in total. The van der Waals surface area contributed by atoms with E-state index in [1.165, 1.54) is 24.1 Å². The first-order chi connectivity index (χ1) is 10.3. The van der Waals surface area contributed by atoms with Gasteiger partial charge in [-0.1, -0.05) is 13.8 Å². The number of rotatable bonds is 8. The van der Waals surface area contributed by atoms with E-state index in [-0.39, 0.29) is 0 Å². The average Bonchev–Trinajstić information content (AvgIpc) is 2.54. The van der Waals surface area contributed by atoms with Crippen LogP contribution in [0.1, 0.15) is 45.1 Å². The van der Waals surface area contributed by atoms with Crippen molar-refractivity contribution in [3.05, 3.63) is 24.0 Å². The molecule has 0 radical (unpaired) electrons. The third kappa shape index (κ3) is 4.97. The lowest BCUT2D eigenvalue weighted by atomic mass is 10.1. The van der Waals surface area contributed by atoms with Crippen molar-refractivity contribution in [3.63, 3.8) is 0 Å². The summed E-state index contributed by atoms with van der Waals surface area (Å²) in [7, 11) is 0. The molecule has 1 aromatic rings. The molecule has 4 heteroatoms. The maximum atomic E-state index is 5.95. The van der Waals surface area contributed by atoms with Crippen molar-refractivity contribution in [2.24, 2.45) is 0 Å². The molecule has 0 aliphatic carbocycles. The number of aromatic nitrogens is 1. The Labute approximate surface area is 128 Å². The normalized spacial score (nSPS) is 19.0. The van der Waals surface area contributed by atoms with E-state index >= 15 is 0 Å². The van der Waals surface area contributed by atoms with Gasteiger partial charge in [0.2, 0.25) is 0 Å². The maximum absolute atomic E-state index is 5.95. The fourth-order valence-corrected chi connectivity index (χ4v) is 2.84. The summed E-state index contributed by atoms with van der Waals surface area (Å²) < 4.78 is 5.95. The number of pyridine rings is 1. The lowest BCUT2D eigenvalue weighted by Gasteiger charge is -2.35. The van der Waals surface area contributed by atoms with E-state index in [4.69, 9.17) is 4.74 Å². The minimum Gasteiger partial charge on any atom is -0.376 e. The molecule has 21 heavy (non-hydrogen) atoms. The van der Waals surface area contributed by atoms with Crippen molar-refractivity contribution in [1.29, 1.82) is 0 Å². The number of nitrogens with one attached hydrogen (secondary N) is 1. The van der Waals surface area contributed by atoms with E-state index in [2.05, 4.69) is 35.1 Å². The Hall–Kier alpha value is -1.13. The molecular formula is C17H29N3O. The van der Waals surface area contributed by atoms with Gasteiger partial charge in [0.05, 0.1) is 6.10 Å². The van der Waals surface area contributed by atoms with Crippen LogP contribution >= 0.6 is 0 Å². The van der Waals surface area contributed by atoms with Crippen LogP contribution in [0.4, 0.5) is 5.69 Å². The molecule has 0 saturated carbocycles. The number of nitrogens with zero attached hydrogens (tertiary/aromatic N) is 2. The molecule has 0 spiro atoms. The van der Waals surface area contributed by atoms with Gasteiger partial charge in [0.1, 0.15) is 0 Å². The van der Waals surface area contributed by atoms with E-state index in [1.54, 1.807) is 0 Å². The van der Waals surface area contributed by atoms with Gasteiger partial charge in [-0.3, -0.25) is 4.98 Å². The van der Waals surface area contributed by atoms with Gasteiger partial charge in [-0.15, -0.1) is 0 Å². The van der Waals surface area contributed by atoms with Crippen molar-refractivity contribution in [3.8, 4) is 0 Å². The third-order valence-electron chi connectivity index (χ3n) is 3.90. The molecule has 118 valence electrons. The van der Waals surface area contributed by atoms with Crippen molar-refractivity contribution in [1.82, 2.24) is 10.3 Å². The summed E-state index contributed by atoms with van der Waals surface area (Å²) in [5.41, 5.74) is 2.61. The number of hydrogen-bond donors (Lipinski definition) is 1. The van der Waals surface area contributed by atoms with Crippen molar-refractivity contribution in [2.45, 2.75) is 52.2 Å². The molecule has 2 heterocycles. The largest absolute Gasteiger partial charge is 0.376 e. The van der Waals surface area contributed by atoms with E-state index in [9.17, 15) is 0 Å². The molecule has 1 aliphatic heterocycles. The Balaban J connectivity index is 1.99. The van der Waals surface area contributed by atoms with Crippen LogP contribution in [0.15, 0.2) is 18.5 Å². The molecule has 0 bridgehead atoms. The molecule has 0 amide bonds. The van der Waals surface area contributed by atoms with Gasteiger partial charge in [0.15, 0.2) is 0 Å². The second kappa shape index (κ2) is 9.00. The zero-order valence-corrected chi connectivity index (χ0v) is 13.5. The Morgan fingerprint density at radius 1 is 1.38 bits per heavy atom. The minimum absolute atomic E-state index is 0.378. The van der Waals surface area contributed by atoms with Gasteiger partial charge < -0.3 is 15.0 Å². The molecular weight excluding hydrogens is 262 g/mol. The number of anilines is 1. The number of hydrogen-bond acceptors (Lipinski definition) is 4. The van der Waals surface area contributed by atoms with Crippen molar-refractivity contribution < 1.29 is 4.74 Å². The average molecular weight is 291 g/mol. The van der Waals surface area contributed by atoms with Crippen LogP contribution in [0.25, 0.3) is 0 Å². The topological polar surface area (TPSA) is 37.4 Å². The fourth-order valence-electron chi connectivity index (χ4n) is 2.84. The van der Waals surface area contributed by atoms with Gasteiger partial charge in [0, 0.05) is 49.9 Å². The predicted molar refractivity (Wildman–Crippen MR) is 87.7 cm³/mol. The van der Waals surface area contributed by atoms with Crippen molar-refractivity contribution >= 4 is 5.69 Å². The molecule has 1 aromatic heterocycles. The van der Waals surface area contributed by atoms with E-state index in [1.807, 2.05) is 12.4 Å². The predicted octanol–water partition coefficient (Wildman–Crippen LogP) is 2.98. The van der Waals surface area contributed by atoms with Crippen LogP contribution in [0, 0.1) is 0 Å². The van der Waals surface area contributed by atoms with Crippen LogP contribution in [-0.2, 0) is 11.3 Å². The van der Waals surface area contributed by atoms with E-state index < -0.39 is 0 Å². The lowest BCUT2D eigenvalue weighted by Crippen LogP contribution is -2.40. The third-order valence-corrected chi connectivity index (χ3v) is 3.90. The summed E-state index contributed by atoms with van der Waals surface area (Å²) in [6.07, 6.45) is 8.92. The Morgan fingerprint density at radius 2 is 2.29 bits per heavy atom. The van der Waals surface area contributed by atoms with E-state index in [0.29, 0.717) is 6.10 Å². The SMILES string of the molecule is CCCNCc1cnccc1N1CCCC(OCCC)C1. The minimum atomic E-state index is 0.378. The van der Waals surface area contributed by atoms with Gasteiger partial charge in [-0.2, -0.15) is 0 Å². The summed E-state index contributed by atoms with van der Waals surface area (Å²) in [4.78, 5) is 6.76. The van der Waals surface area contributed by atoms with Gasteiger partial charge >= 0.3 is 0 Å². The molecule has 1 atom stereocenters. The molecule has 1 fully saturated rings. The highest BCUT2D eigenvalue weighted by atomic mass is 16.5. The lowest BCUT2D eigenvalue weighted by molar-refractivity contribution is 0.0440. The molecule has 4 nitrogen and oxygen atoms in total. The highest BCUT2D eigenvalue weighted by molar-refractivity contribution is 5.52. The molecule has 1 unspecified atom stereocenters. The van der Waals surface area contributed by atoms with Crippen LogP contribution in [-0.4, -0.2) is 37.3 Å². The molecule has 0 aromatic carbocycles. The summed E-state index contributed by atoms with van der Waals surface area (Å²) >= 11 is 0. The highest BCUT2D eigenvalue weighted by Crippen LogP contribution is 2.24. The van der Waals surface area contributed by atoms with Crippen LogP contribution in [0.5, 0.6) is 0 Å². The zero-order chi connectivity index (χ0) is 14.9. The summed E-state index contributed by atoms with van der Waals surface area (Å²) in [6.45, 7) is 9.31. The van der Waals surface area contributed by atoms with Gasteiger partial charge in [0.25, 0.3) is 0 Å². The van der Waals surface area contributed by atoms with E-state index in [0.717, 1.165) is 45.6 Å². The summed E-state index contributed by atoms with van der Waals surface area (Å²) in [5, 5.41) is 3.48. The molecule has 1 saturated heterocycles. The number of ether oxygens (including phenoxy) is 1. The number of piperidine rings is 1. The fraction of sp³-hybridized carbons (Fsp3) is 0.706. The monoisotopic (exact) mass is 291 g/mol. The first-order valence-corrected chi connectivity index (χ1v) is 8.35.